The number of carbonyl (C=O) groups is 2. The van der Waals surface area contributed by atoms with Crippen molar-refractivity contribution in [3.63, 3.8) is 0 Å². The largest absolute Gasteiger partial charge is 0.393 e. The molecule has 5 heteroatoms. The molecule has 8 atom stereocenters. The first-order chi connectivity index (χ1) is 13.6. The van der Waals surface area contributed by atoms with E-state index in [9.17, 15) is 24.9 Å². The van der Waals surface area contributed by atoms with Gasteiger partial charge in [0.05, 0.1) is 6.10 Å². The quantitative estimate of drug-likeness (QED) is 0.658. The number of aliphatic hydroxyl groups excluding tert-OH is 2. The van der Waals surface area contributed by atoms with Crippen LogP contribution in [0, 0.1) is 34.5 Å². The Labute approximate surface area is 173 Å². The number of Topliss-reactive ketones (excluding diaryl/α,β-unsaturated/α-hetero) is 1. The number of hydrogen-bond donors (Lipinski definition) is 3. The Hall–Kier alpha value is -1.30. The van der Waals surface area contributed by atoms with Crippen LogP contribution in [-0.2, 0) is 9.59 Å². The molecule has 0 bridgehead atoms. The number of carbonyl (C=O) groups excluding carboxylic acids is 2. The predicted molar refractivity (Wildman–Crippen MR) is 111 cm³/mol. The molecule has 0 aromatic rings. The Morgan fingerprint density at radius 2 is 1.93 bits per heavy atom. The van der Waals surface area contributed by atoms with Gasteiger partial charge in [-0.2, -0.15) is 0 Å². The summed E-state index contributed by atoms with van der Waals surface area (Å²) in [5.74, 6) is -0.0768. The highest BCUT2D eigenvalue weighted by molar-refractivity contribution is 6.01. The van der Waals surface area contributed by atoms with Gasteiger partial charge in [-0.15, -0.1) is 0 Å². The van der Waals surface area contributed by atoms with Crippen LogP contribution in [0.25, 0.3) is 0 Å². The van der Waals surface area contributed by atoms with Crippen molar-refractivity contribution in [3.8, 4) is 0 Å². The third-order valence-electron chi connectivity index (χ3n) is 8.57. The highest BCUT2D eigenvalue weighted by Gasteiger charge is 2.68. The molecule has 0 aromatic carbocycles. The molecule has 0 amide bonds. The molecule has 0 aromatic heterocycles. The van der Waals surface area contributed by atoms with E-state index in [2.05, 4.69) is 13.8 Å². The lowest BCUT2D eigenvalue weighted by molar-refractivity contribution is -0.180. The van der Waals surface area contributed by atoms with E-state index in [1.807, 2.05) is 26.8 Å². The van der Waals surface area contributed by atoms with Crippen LogP contribution in [0.1, 0.15) is 60.3 Å². The van der Waals surface area contributed by atoms with Gasteiger partial charge in [0.15, 0.2) is 11.6 Å². The summed E-state index contributed by atoms with van der Waals surface area (Å²) in [7, 11) is 0. The molecule has 4 aliphatic carbocycles. The molecule has 4 aliphatic rings. The van der Waals surface area contributed by atoms with Gasteiger partial charge in [0.25, 0.3) is 0 Å². The summed E-state index contributed by atoms with van der Waals surface area (Å²) in [5, 5.41) is 31.9. The van der Waals surface area contributed by atoms with Crippen LogP contribution in [0.3, 0.4) is 0 Å². The lowest BCUT2D eigenvalue weighted by Crippen LogP contribution is -2.62. The van der Waals surface area contributed by atoms with Gasteiger partial charge in [-0.25, -0.2) is 0 Å². The van der Waals surface area contributed by atoms with Gasteiger partial charge in [-0.3, -0.25) is 9.59 Å². The number of aliphatic hydroxyl groups is 3. The Morgan fingerprint density at radius 1 is 1.28 bits per heavy atom. The number of ketones is 2. The monoisotopic (exact) mass is 404 g/mol. The van der Waals surface area contributed by atoms with Crippen molar-refractivity contribution in [3.05, 3.63) is 23.8 Å². The van der Waals surface area contributed by atoms with Crippen LogP contribution >= 0.6 is 0 Å². The minimum absolute atomic E-state index is 0.00620. The predicted octanol–water partition coefficient (Wildman–Crippen LogP) is 2.83. The first-order valence-corrected chi connectivity index (χ1v) is 11.1. The van der Waals surface area contributed by atoms with Crippen molar-refractivity contribution in [1.82, 2.24) is 0 Å². The van der Waals surface area contributed by atoms with Gasteiger partial charge < -0.3 is 15.3 Å². The summed E-state index contributed by atoms with van der Waals surface area (Å²) in [6.45, 7) is 9.48. The summed E-state index contributed by atoms with van der Waals surface area (Å²) in [5.41, 5.74) is -1.59. The van der Waals surface area contributed by atoms with Crippen LogP contribution in [0.5, 0.6) is 0 Å². The molecule has 3 saturated carbocycles. The molecule has 29 heavy (non-hydrogen) atoms. The summed E-state index contributed by atoms with van der Waals surface area (Å²) >= 11 is 0. The SMILES string of the molecule is CC.C[C@H]1C[C@@H]2[C@H]([C@@H](O)C[C@@]3(C)[C@H]2CC[C@]3(O)C(=O)CO)[C@@]2(C)C=CC(=O)C=C12. The van der Waals surface area contributed by atoms with Gasteiger partial charge in [0.2, 0.25) is 0 Å². The smallest absolute Gasteiger partial charge is 0.190 e. The van der Waals surface area contributed by atoms with Crippen LogP contribution in [-0.4, -0.2) is 45.2 Å². The highest BCUT2D eigenvalue weighted by Crippen LogP contribution is 2.67. The molecule has 4 rings (SSSR count). The molecule has 0 radical (unpaired) electrons. The van der Waals surface area contributed by atoms with E-state index in [4.69, 9.17) is 0 Å². The Bertz CT molecular complexity index is 754. The highest BCUT2D eigenvalue weighted by atomic mass is 16.3. The van der Waals surface area contributed by atoms with Crippen molar-refractivity contribution in [1.29, 1.82) is 0 Å². The Balaban J connectivity index is 0.00000117. The normalized spacial score (nSPS) is 47.9. The Morgan fingerprint density at radius 3 is 2.55 bits per heavy atom. The fourth-order valence-electron chi connectivity index (χ4n) is 7.34. The van der Waals surface area contributed by atoms with E-state index >= 15 is 0 Å². The first kappa shape index (κ1) is 22.4. The molecule has 0 heterocycles. The zero-order valence-electron chi connectivity index (χ0n) is 18.3. The summed E-state index contributed by atoms with van der Waals surface area (Å²) in [6.07, 6.45) is 6.87. The number of fused-ring (bicyclic) bond motifs is 5. The lowest BCUT2D eigenvalue weighted by Gasteiger charge is -2.60. The first-order valence-electron chi connectivity index (χ1n) is 11.1. The van der Waals surface area contributed by atoms with Gasteiger partial charge in [-0.05, 0) is 55.6 Å². The molecule has 3 N–H and O–H groups in total. The maximum absolute atomic E-state index is 12.4. The van der Waals surface area contributed by atoms with Gasteiger partial charge in [0.1, 0.15) is 12.2 Å². The fraction of sp³-hybridized carbons (Fsp3) is 0.750. The van der Waals surface area contributed by atoms with Crippen LogP contribution < -0.4 is 0 Å². The van der Waals surface area contributed by atoms with E-state index in [-0.39, 0.29) is 34.9 Å². The maximum Gasteiger partial charge on any atom is 0.190 e. The summed E-state index contributed by atoms with van der Waals surface area (Å²) in [4.78, 5) is 24.4. The summed E-state index contributed by atoms with van der Waals surface area (Å²) in [6, 6.07) is 0. The average Bonchev–Trinajstić information content (AvgIpc) is 2.95. The zero-order valence-corrected chi connectivity index (χ0v) is 18.3. The van der Waals surface area contributed by atoms with Gasteiger partial charge in [0, 0.05) is 16.7 Å². The number of rotatable bonds is 2. The van der Waals surface area contributed by atoms with Crippen LogP contribution in [0.4, 0.5) is 0 Å². The molecule has 0 saturated heterocycles. The third-order valence-corrected chi connectivity index (χ3v) is 8.57. The van der Waals surface area contributed by atoms with Crippen LogP contribution in [0.15, 0.2) is 23.8 Å². The number of hydrogen-bond acceptors (Lipinski definition) is 5. The Kier molecular flexibility index (Phi) is 5.74. The van der Waals surface area contributed by atoms with E-state index in [0.717, 1.165) is 18.4 Å². The van der Waals surface area contributed by atoms with E-state index in [1.165, 1.54) is 0 Å². The molecule has 0 spiro atoms. The fourth-order valence-corrected chi connectivity index (χ4v) is 7.34. The van der Waals surface area contributed by atoms with Gasteiger partial charge in [-0.1, -0.05) is 46.3 Å². The molecular formula is C24H36O5. The second kappa shape index (κ2) is 7.44. The standard InChI is InChI=1S/C22H30O5.C2H6/c1-12-8-14-15-5-7-22(27,18(26)11-23)21(15,3)10-17(25)19(14)20(2)6-4-13(24)9-16(12)20;1-2/h4,6,9,12,14-15,17,19,23,25,27H,5,7-8,10-11H2,1-3H3;1-2H3/t12-,14-,15-,17-,19+,20-,21-,22-;/m0./s1. The van der Waals surface area contributed by atoms with Gasteiger partial charge >= 0.3 is 0 Å². The second-order valence-corrected chi connectivity index (χ2v) is 9.72. The van der Waals surface area contributed by atoms with Crippen LogP contribution in [0.2, 0.25) is 0 Å². The third kappa shape index (κ3) is 2.92. The van der Waals surface area contributed by atoms with Crippen molar-refractivity contribution >= 4 is 11.6 Å². The van der Waals surface area contributed by atoms with Crippen molar-refractivity contribution < 1.29 is 24.9 Å². The average molecular weight is 405 g/mol. The van der Waals surface area contributed by atoms with Crippen molar-refractivity contribution in [2.45, 2.75) is 72.0 Å². The minimum atomic E-state index is -1.57. The summed E-state index contributed by atoms with van der Waals surface area (Å²) < 4.78 is 0. The van der Waals surface area contributed by atoms with Crippen molar-refractivity contribution in [2.75, 3.05) is 6.61 Å². The van der Waals surface area contributed by atoms with E-state index in [1.54, 1.807) is 12.2 Å². The van der Waals surface area contributed by atoms with E-state index in [0.29, 0.717) is 12.8 Å². The van der Waals surface area contributed by atoms with Crippen molar-refractivity contribution in [2.24, 2.45) is 34.5 Å². The molecule has 3 fully saturated rings. The lowest BCUT2D eigenvalue weighted by atomic mass is 9.45. The minimum Gasteiger partial charge on any atom is -0.393 e. The maximum atomic E-state index is 12.4. The zero-order chi connectivity index (χ0) is 21.8. The molecule has 0 unspecified atom stereocenters. The van der Waals surface area contributed by atoms with E-state index < -0.39 is 29.5 Å². The second-order valence-electron chi connectivity index (χ2n) is 9.72. The molecule has 5 nitrogen and oxygen atoms in total. The molecule has 162 valence electrons. The molecular weight excluding hydrogens is 368 g/mol. The molecule has 0 aliphatic heterocycles. The number of allylic oxidation sites excluding steroid dienone is 4. The topological polar surface area (TPSA) is 94.8 Å².